The smallest absolute Gasteiger partial charge is 0.243 e. The highest BCUT2D eigenvalue weighted by atomic mass is 16.2. The van der Waals surface area contributed by atoms with Crippen LogP contribution in [0.3, 0.4) is 0 Å². The van der Waals surface area contributed by atoms with Gasteiger partial charge in [-0.1, -0.05) is 27.7 Å². The molecule has 153 valence electrons. The lowest BCUT2D eigenvalue weighted by Gasteiger charge is -2.22. The number of nitrogens with one attached hydrogen (secondary N) is 3. The second kappa shape index (κ2) is 12.0. The average molecular weight is 384 g/mol. The number of carbonyl (C=O) groups is 4. The predicted molar refractivity (Wildman–Crippen MR) is 98.6 cm³/mol. The molecule has 0 unspecified atom stereocenters. The molecule has 0 aromatic heterocycles. The summed E-state index contributed by atoms with van der Waals surface area (Å²) in [6.45, 7) is 6.85. The fraction of sp³-hybridized carbons (Fsp3) is 0.706. The molecule has 7 N–H and O–H groups in total. The van der Waals surface area contributed by atoms with Gasteiger partial charge >= 0.3 is 0 Å². The normalized spacial score (nSPS) is 14.2. The lowest BCUT2D eigenvalue weighted by molar-refractivity contribution is -0.132. The highest BCUT2D eigenvalue weighted by Gasteiger charge is 2.26. The molecule has 10 nitrogen and oxygen atoms in total. The Morgan fingerprint density at radius 2 is 1.59 bits per heavy atom. The minimum atomic E-state index is -1.16. The van der Waals surface area contributed by atoms with Gasteiger partial charge in [-0.25, -0.2) is 0 Å². The standard InChI is InChI=1S/C17H30N5O5/c1-9(2)5-12(22-16(26)11(18)6-14(19)24)17(27)20-7-15(25)21-13(8-23)10(3)4/h9-13H,5-7,18H2,1-4H3,(H2,19,24)(H,20,27)(H,21,25)(H,22,26)/t11-,12-,13+/m0/s1. The first-order valence-corrected chi connectivity index (χ1v) is 8.76. The third-order valence-corrected chi connectivity index (χ3v) is 3.63. The molecule has 0 rings (SSSR count). The molecule has 0 saturated carbocycles. The third-order valence-electron chi connectivity index (χ3n) is 3.63. The van der Waals surface area contributed by atoms with Gasteiger partial charge < -0.3 is 27.4 Å². The zero-order valence-electron chi connectivity index (χ0n) is 16.2. The molecule has 0 bridgehead atoms. The fourth-order valence-corrected chi connectivity index (χ4v) is 2.14. The van der Waals surface area contributed by atoms with Crippen LogP contribution in [0.25, 0.3) is 0 Å². The molecule has 0 aliphatic heterocycles. The van der Waals surface area contributed by atoms with Crippen molar-refractivity contribution < 1.29 is 24.0 Å². The van der Waals surface area contributed by atoms with Gasteiger partial charge in [0.1, 0.15) is 6.04 Å². The van der Waals surface area contributed by atoms with E-state index in [9.17, 15) is 24.0 Å². The van der Waals surface area contributed by atoms with E-state index in [1.54, 1.807) is 20.1 Å². The molecule has 0 aromatic carbocycles. The SMILES string of the molecule is CC(C)C[C@H](NC(=O)[C@@H](N)CC(N)=O)C(=O)NCC(=O)N[C@H]([C]=O)C(C)C. The summed E-state index contributed by atoms with van der Waals surface area (Å²) in [5.41, 5.74) is 10.6. The van der Waals surface area contributed by atoms with Gasteiger partial charge in [0.2, 0.25) is 29.9 Å². The summed E-state index contributed by atoms with van der Waals surface area (Å²) < 4.78 is 0. The highest BCUT2D eigenvalue weighted by molar-refractivity contribution is 5.93. The van der Waals surface area contributed by atoms with Crippen molar-refractivity contribution in [3.8, 4) is 0 Å². The van der Waals surface area contributed by atoms with Crippen molar-refractivity contribution in [1.82, 2.24) is 16.0 Å². The van der Waals surface area contributed by atoms with E-state index in [2.05, 4.69) is 16.0 Å². The van der Waals surface area contributed by atoms with E-state index in [-0.39, 0.29) is 24.8 Å². The largest absolute Gasteiger partial charge is 0.370 e. The van der Waals surface area contributed by atoms with Gasteiger partial charge in [-0.05, 0) is 18.3 Å². The highest BCUT2D eigenvalue weighted by Crippen LogP contribution is 2.06. The summed E-state index contributed by atoms with van der Waals surface area (Å²) in [5.74, 6) is -2.61. The van der Waals surface area contributed by atoms with Crippen molar-refractivity contribution >= 4 is 29.9 Å². The number of hydrogen-bond acceptors (Lipinski definition) is 6. The minimum absolute atomic E-state index is 0.0669. The topological polar surface area (TPSA) is 173 Å². The second-order valence-electron chi connectivity index (χ2n) is 7.09. The number of hydrogen-bond donors (Lipinski definition) is 5. The van der Waals surface area contributed by atoms with Gasteiger partial charge in [0.25, 0.3) is 0 Å². The molecule has 0 spiro atoms. The molecule has 0 aliphatic rings. The number of amides is 4. The van der Waals surface area contributed by atoms with Crippen LogP contribution in [0.15, 0.2) is 0 Å². The van der Waals surface area contributed by atoms with E-state index in [0.717, 1.165) is 0 Å². The summed E-state index contributed by atoms with van der Waals surface area (Å²) in [6.07, 6.45) is 1.68. The fourth-order valence-electron chi connectivity index (χ4n) is 2.14. The molecule has 4 amide bonds. The molecule has 0 saturated heterocycles. The number of rotatable bonds is 12. The van der Waals surface area contributed by atoms with Crippen LogP contribution in [0, 0.1) is 11.8 Å². The van der Waals surface area contributed by atoms with Gasteiger partial charge in [-0.2, -0.15) is 0 Å². The van der Waals surface area contributed by atoms with Crippen LogP contribution in [-0.4, -0.2) is 54.6 Å². The Morgan fingerprint density at radius 1 is 1.00 bits per heavy atom. The van der Waals surface area contributed by atoms with E-state index < -0.39 is 41.8 Å². The van der Waals surface area contributed by atoms with Crippen molar-refractivity contribution in [2.45, 2.75) is 58.7 Å². The molecule has 0 heterocycles. The molecule has 27 heavy (non-hydrogen) atoms. The van der Waals surface area contributed by atoms with Gasteiger partial charge in [0, 0.05) is 0 Å². The lowest BCUT2D eigenvalue weighted by Crippen LogP contribution is -2.54. The van der Waals surface area contributed by atoms with Gasteiger partial charge in [-0.3, -0.25) is 24.0 Å². The van der Waals surface area contributed by atoms with Crippen LogP contribution in [0.1, 0.15) is 40.5 Å². The molecule has 10 heteroatoms. The van der Waals surface area contributed by atoms with Crippen molar-refractivity contribution in [3.05, 3.63) is 0 Å². The van der Waals surface area contributed by atoms with Crippen molar-refractivity contribution in [3.63, 3.8) is 0 Å². The van der Waals surface area contributed by atoms with E-state index in [4.69, 9.17) is 11.5 Å². The number of primary amides is 1. The van der Waals surface area contributed by atoms with E-state index in [1.807, 2.05) is 13.8 Å². The molecular weight excluding hydrogens is 354 g/mol. The summed E-state index contributed by atoms with van der Waals surface area (Å²) in [7, 11) is 0. The first-order chi connectivity index (χ1) is 12.5. The Balaban J connectivity index is 4.78. The van der Waals surface area contributed by atoms with Crippen LogP contribution >= 0.6 is 0 Å². The summed E-state index contributed by atoms with van der Waals surface area (Å²) >= 11 is 0. The van der Waals surface area contributed by atoms with E-state index in [0.29, 0.717) is 6.42 Å². The van der Waals surface area contributed by atoms with Crippen LogP contribution < -0.4 is 27.4 Å². The predicted octanol–water partition coefficient (Wildman–Crippen LogP) is -1.91. The molecule has 0 fully saturated rings. The maximum absolute atomic E-state index is 12.3. The minimum Gasteiger partial charge on any atom is -0.370 e. The second-order valence-corrected chi connectivity index (χ2v) is 7.09. The Hall–Kier alpha value is -2.49. The Bertz CT molecular complexity index is 550. The molecule has 1 radical (unpaired) electrons. The quantitative estimate of drug-likeness (QED) is 0.262. The first-order valence-electron chi connectivity index (χ1n) is 8.76. The Kier molecular flexibility index (Phi) is 10.9. The monoisotopic (exact) mass is 384 g/mol. The molecule has 0 aromatic rings. The third kappa shape index (κ3) is 10.3. The number of carbonyl (C=O) groups excluding carboxylic acids is 5. The van der Waals surface area contributed by atoms with Crippen LogP contribution in [0.2, 0.25) is 0 Å². The van der Waals surface area contributed by atoms with Crippen molar-refractivity contribution in [2.24, 2.45) is 23.3 Å². The van der Waals surface area contributed by atoms with Crippen molar-refractivity contribution in [1.29, 1.82) is 0 Å². The average Bonchev–Trinajstić information content (AvgIpc) is 2.55. The molecular formula is C17H30N5O5. The maximum atomic E-state index is 12.3. The Morgan fingerprint density at radius 3 is 2.04 bits per heavy atom. The Labute approximate surface area is 159 Å². The van der Waals surface area contributed by atoms with Crippen LogP contribution in [0.4, 0.5) is 0 Å². The number of nitrogens with two attached hydrogens (primary N) is 2. The van der Waals surface area contributed by atoms with Gasteiger partial charge in [0.05, 0.1) is 25.0 Å². The maximum Gasteiger partial charge on any atom is 0.243 e. The molecule has 3 atom stereocenters. The van der Waals surface area contributed by atoms with Crippen molar-refractivity contribution in [2.75, 3.05) is 6.54 Å². The zero-order chi connectivity index (χ0) is 21.1. The summed E-state index contributed by atoms with van der Waals surface area (Å²) in [4.78, 5) is 57.9. The van der Waals surface area contributed by atoms with Gasteiger partial charge in [0.15, 0.2) is 0 Å². The summed E-state index contributed by atoms with van der Waals surface area (Å²) in [5, 5.41) is 7.33. The zero-order valence-corrected chi connectivity index (χ0v) is 16.2. The summed E-state index contributed by atoms with van der Waals surface area (Å²) in [6, 6.07) is -2.86. The van der Waals surface area contributed by atoms with E-state index in [1.165, 1.54) is 0 Å². The molecule has 0 aliphatic carbocycles. The van der Waals surface area contributed by atoms with E-state index >= 15 is 0 Å². The lowest BCUT2D eigenvalue weighted by atomic mass is 10.0. The van der Waals surface area contributed by atoms with Crippen LogP contribution in [-0.2, 0) is 24.0 Å². The van der Waals surface area contributed by atoms with Crippen LogP contribution in [0.5, 0.6) is 0 Å². The van der Waals surface area contributed by atoms with Gasteiger partial charge in [-0.15, -0.1) is 0 Å². The first kappa shape index (κ1) is 24.5.